The van der Waals surface area contributed by atoms with Gasteiger partial charge in [-0.3, -0.25) is 0 Å². The topological polar surface area (TPSA) is 62.1 Å². The van der Waals surface area contributed by atoms with E-state index in [1.165, 1.54) is 0 Å². The smallest absolute Gasteiger partial charge is 0.223 e. The molecule has 152 valence electrons. The molecule has 0 N–H and O–H groups in total. The molecule has 0 aliphatic rings. The Kier molecular flexibility index (Phi) is 5.61. The number of hydrogen-bond acceptors (Lipinski definition) is 6. The van der Waals surface area contributed by atoms with Crippen LogP contribution in [-0.4, -0.2) is 41.3 Å². The standard InChI is InChI=1S/C20H23ClN4O2SSi/c1-26-20-14(9-16-18(24-20)22-11-28-16)15-10-25(12-27-7-8-29(2,3)4)19-13(15)5-6-17(21)23-19/h5-6,9-11H,7-8,12H2,1-4H3. The molecule has 29 heavy (non-hydrogen) atoms. The SMILES string of the molecule is COc1nc2ncsc2cc1-c1cn(COCC[Si](C)(C)C)c2nc(Cl)ccc12. The van der Waals surface area contributed by atoms with Crippen molar-refractivity contribution in [3.8, 4) is 17.0 Å². The molecule has 0 aliphatic heterocycles. The van der Waals surface area contributed by atoms with Crippen LogP contribution in [0.2, 0.25) is 30.8 Å². The minimum Gasteiger partial charge on any atom is -0.480 e. The maximum absolute atomic E-state index is 6.19. The molecule has 0 unspecified atom stereocenters. The maximum Gasteiger partial charge on any atom is 0.223 e. The highest BCUT2D eigenvalue weighted by atomic mass is 35.5. The molecule has 0 saturated carbocycles. The summed E-state index contributed by atoms with van der Waals surface area (Å²) >= 11 is 7.74. The number of ether oxygens (including phenoxy) is 2. The number of aromatic nitrogens is 4. The summed E-state index contributed by atoms with van der Waals surface area (Å²) in [5.74, 6) is 0.539. The summed E-state index contributed by atoms with van der Waals surface area (Å²) in [5.41, 5.74) is 5.15. The number of hydrogen-bond donors (Lipinski definition) is 0. The van der Waals surface area contributed by atoms with E-state index >= 15 is 0 Å². The van der Waals surface area contributed by atoms with Crippen molar-refractivity contribution in [2.75, 3.05) is 13.7 Å². The maximum atomic E-state index is 6.19. The molecule has 4 heterocycles. The third-order valence-electron chi connectivity index (χ3n) is 4.69. The van der Waals surface area contributed by atoms with Gasteiger partial charge >= 0.3 is 0 Å². The van der Waals surface area contributed by atoms with Gasteiger partial charge in [0.2, 0.25) is 5.88 Å². The van der Waals surface area contributed by atoms with Crippen molar-refractivity contribution in [3.63, 3.8) is 0 Å². The third-order valence-corrected chi connectivity index (χ3v) is 7.37. The van der Waals surface area contributed by atoms with Gasteiger partial charge < -0.3 is 14.0 Å². The van der Waals surface area contributed by atoms with Crippen LogP contribution in [0, 0.1) is 0 Å². The zero-order valence-corrected chi connectivity index (χ0v) is 19.5. The monoisotopic (exact) mass is 446 g/mol. The first-order valence-electron chi connectivity index (χ1n) is 9.37. The van der Waals surface area contributed by atoms with Crippen LogP contribution in [0.4, 0.5) is 0 Å². The molecular weight excluding hydrogens is 424 g/mol. The molecule has 4 aromatic rings. The van der Waals surface area contributed by atoms with Gasteiger partial charge in [-0.1, -0.05) is 31.2 Å². The molecule has 0 radical (unpaired) electrons. The summed E-state index contributed by atoms with van der Waals surface area (Å²) in [6, 6.07) is 6.97. The first-order chi connectivity index (χ1) is 13.9. The van der Waals surface area contributed by atoms with Crippen LogP contribution < -0.4 is 4.74 Å². The fourth-order valence-electron chi connectivity index (χ4n) is 3.12. The van der Waals surface area contributed by atoms with Crippen molar-refractivity contribution in [1.29, 1.82) is 0 Å². The molecule has 6 nitrogen and oxygen atoms in total. The van der Waals surface area contributed by atoms with Crippen molar-refractivity contribution >= 4 is 52.4 Å². The van der Waals surface area contributed by atoms with Gasteiger partial charge in [0.15, 0.2) is 5.65 Å². The number of thiazole rings is 1. The molecule has 0 aromatic carbocycles. The fraction of sp³-hybridized carbons (Fsp3) is 0.350. The van der Waals surface area contributed by atoms with Crippen molar-refractivity contribution in [2.24, 2.45) is 0 Å². The van der Waals surface area contributed by atoms with Crippen LogP contribution >= 0.6 is 22.9 Å². The Balaban J connectivity index is 1.75. The Bertz CT molecular complexity index is 1170. The molecule has 0 aliphatic carbocycles. The van der Waals surface area contributed by atoms with Crippen molar-refractivity contribution < 1.29 is 9.47 Å². The molecule has 9 heteroatoms. The quantitative estimate of drug-likeness (QED) is 0.207. The Morgan fingerprint density at radius 3 is 2.76 bits per heavy atom. The normalized spacial score (nSPS) is 12.2. The number of pyridine rings is 2. The van der Waals surface area contributed by atoms with Gasteiger partial charge in [-0.15, -0.1) is 11.3 Å². The summed E-state index contributed by atoms with van der Waals surface area (Å²) in [6.07, 6.45) is 2.04. The molecule has 0 amide bonds. The number of nitrogens with zero attached hydrogens (tertiary/aromatic N) is 4. The third kappa shape index (κ3) is 4.30. The second-order valence-corrected chi connectivity index (χ2v) is 15.0. The van der Waals surface area contributed by atoms with Crippen molar-refractivity contribution in [2.45, 2.75) is 32.4 Å². The van der Waals surface area contributed by atoms with Gasteiger partial charge in [-0.05, 0) is 24.2 Å². The van der Waals surface area contributed by atoms with Crippen LogP contribution in [-0.2, 0) is 11.5 Å². The highest BCUT2D eigenvalue weighted by Crippen LogP contribution is 2.37. The van der Waals surface area contributed by atoms with E-state index in [4.69, 9.17) is 21.1 Å². The van der Waals surface area contributed by atoms with E-state index < -0.39 is 8.07 Å². The van der Waals surface area contributed by atoms with Crippen LogP contribution in [0.3, 0.4) is 0 Å². The lowest BCUT2D eigenvalue weighted by Gasteiger charge is -2.15. The minimum atomic E-state index is -1.14. The van der Waals surface area contributed by atoms with E-state index in [1.54, 1.807) is 30.0 Å². The molecule has 0 saturated heterocycles. The first-order valence-corrected chi connectivity index (χ1v) is 14.3. The average Bonchev–Trinajstić information content (AvgIpc) is 3.27. The zero-order chi connectivity index (χ0) is 20.6. The predicted octanol–water partition coefficient (Wildman–Crippen LogP) is 5.68. The Labute approximate surface area is 179 Å². The molecule has 0 fully saturated rings. The molecule has 4 aromatic heterocycles. The number of fused-ring (bicyclic) bond motifs is 2. The lowest BCUT2D eigenvalue weighted by Crippen LogP contribution is -2.22. The lowest BCUT2D eigenvalue weighted by molar-refractivity contribution is 0.0899. The Morgan fingerprint density at radius 2 is 2.00 bits per heavy atom. The van der Waals surface area contributed by atoms with Gasteiger partial charge in [0, 0.05) is 37.4 Å². The second kappa shape index (κ2) is 8.02. The fourth-order valence-corrected chi connectivity index (χ4v) is 4.68. The van der Waals surface area contributed by atoms with E-state index in [2.05, 4.69) is 40.7 Å². The highest BCUT2D eigenvalue weighted by molar-refractivity contribution is 7.16. The second-order valence-electron chi connectivity index (χ2n) is 8.09. The average molecular weight is 447 g/mol. The van der Waals surface area contributed by atoms with Crippen LogP contribution in [0.1, 0.15) is 0 Å². The van der Waals surface area contributed by atoms with Crippen molar-refractivity contribution in [3.05, 3.63) is 35.1 Å². The van der Waals surface area contributed by atoms with E-state index in [9.17, 15) is 0 Å². The largest absolute Gasteiger partial charge is 0.480 e. The predicted molar refractivity (Wildman–Crippen MR) is 122 cm³/mol. The van der Waals surface area contributed by atoms with Gasteiger partial charge in [0.25, 0.3) is 0 Å². The summed E-state index contributed by atoms with van der Waals surface area (Å²) in [4.78, 5) is 13.4. The molecule has 0 bridgehead atoms. The number of halogens is 1. The van der Waals surface area contributed by atoms with Crippen molar-refractivity contribution in [1.82, 2.24) is 19.5 Å². The first kappa shape index (κ1) is 20.3. The number of rotatable bonds is 7. The molecular formula is C20H23ClN4O2SSi. The summed E-state index contributed by atoms with van der Waals surface area (Å²) in [5, 5.41) is 1.43. The lowest BCUT2D eigenvalue weighted by atomic mass is 10.1. The zero-order valence-electron chi connectivity index (χ0n) is 16.9. The van der Waals surface area contributed by atoms with E-state index in [0.717, 1.165) is 39.5 Å². The Morgan fingerprint density at radius 1 is 1.17 bits per heavy atom. The van der Waals surface area contributed by atoms with E-state index in [1.807, 2.05) is 16.8 Å². The Hall–Kier alpha value is -2.00. The molecule has 0 atom stereocenters. The summed E-state index contributed by atoms with van der Waals surface area (Å²) in [7, 11) is 0.485. The molecule has 0 spiro atoms. The van der Waals surface area contributed by atoms with Crippen LogP contribution in [0.15, 0.2) is 29.9 Å². The highest BCUT2D eigenvalue weighted by Gasteiger charge is 2.18. The van der Waals surface area contributed by atoms with Crippen LogP contribution in [0.5, 0.6) is 5.88 Å². The van der Waals surface area contributed by atoms with E-state index in [0.29, 0.717) is 23.4 Å². The van der Waals surface area contributed by atoms with E-state index in [-0.39, 0.29) is 0 Å². The number of methoxy groups -OCH3 is 1. The van der Waals surface area contributed by atoms with Gasteiger partial charge in [-0.2, -0.15) is 4.98 Å². The summed E-state index contributed by atoms with van der Waals surface area (Å²) in [6.45, 7) is 8.19. The minimum absolute atomic E-state index is 0.423. The summed E-state index contributed by atoms with van der Waals surface area (Å²) < 4.78 is 14.5. The van der Waals surface area contributed by atoms with Gasteiger partial charge in [-0.25, -0.2) is 9.97 Å². The van der Waals surface area contributed by atoms with Gasteiger partial charge in [0.05, 0.1) is 17.3 Å². The van der Waals surface area contributed by atoms with Gasteiger partial charge in [0.1, 0.15) is 17.5 Å². The molecule has 4 rings (SSSR count). The van der Waals surface area contributed by atoms with Crippen LogP contribution in [0.25, 0.3) is 32.5 Å².